The second kappa shape index (κ2) is 14.1. The van der Waals surface area contributed by atoms with E-state index in [2.05, 4.69) is 11.4 Å². The van der Waals surface area contributed by atoms with Crippen molar-refractivity contribution in [1.82, 2.24) is 0 Å². The number of phosphoric ester groups is 1. The van der Waals surface area contributed by atoms with Crippen LogP contribution in [0, 0.1) is 0 Å². The van der Waals surface area contributed by atoms with Crippen LogP contribution in [0.3, 0.4) is 0 Å². The van der Waals surface area contributed by atoms with Crippen molar-refractivity contribution in [2.24, 2.45) is 5.73 Å². The lowest BCUT2D eigenvalue weighted by Gasteiger charge is -2.15. The van der Waals surface area contributed by atoms with Crippen LogP contribution in [0.1, 0.15) is 71.1 Å². The van der Waals surface area contributed by atoms with Gasteiger partial charge in [-0.25, -0.2) is 4.57 Å². The quantitative estimate of drug-likeness (QED) is 0.205. The maximum Gasteiger partial charge on any atom is 0.469 e. The molecule has 0 radical (unpaired) electrons. The van der Waals surface area contributed by atoms with Gasteiger partial charge in [-0.2, -0.15) is 0 Å². The fraction of sp³-hybridized carbons (Fsp3) is 0.875. The van der Waals surface area contributed by atoms with Gasteiger partial charge in [-0.05, 0) is 12.8 Å². The van der Waals surface area contributed by atoms with E-state index in [4.69, 9.17) is 15.5 Å². The number of aliphatic hydroxyl groups excluding tert-OH is 1. The summed E-state index contributed by atoms with van der Waals surface area (Å²) >= 11 is 0. The second-order valence-corrected chi connectivity index (χ2v) is 7.23. The third-order valence-corrected chi connectivity index (χ3v) is 4.17. The molecule has 0 saturated carbocycles. The van der Waals surface area contributed by atoms with Gasteiger partial charge < -0.3 is 20.6 Å². The number of unbranched alkanes of at least 4 members (excludes halogenated alkanes) is 9. The first kappa shape index (κ1) is 22.8. The number of rotatable bonds is 15. The molecular formula is C16H34NO5P. The first-order chi connectivity index (χ1) is 10.9. The van der Waals surface area contributed by atoms with Crippen molar-refractivity contribution >= 4 is 7.82 Å². The van der Waals surface area contributed by atoms with E-state index in [1.807, 2.05) is 6.08 Å². The molecule has 0 bridgehead atoms. The lowest BCUT2D eigenvalue weighted by molar-refractivity contribution is 0.129. The molecule has 0 heterocycles. The Morgan fingerprint density at radius 1 is 1.04 bits per heavy atom. The van der Waals surface area contributed by atoms with E-state index in [-0.39, 0.29) is 6.61 Å². The minimum atomic E-state index is -4.53. The summed E-state index contributed by atoms with van der Waals surface area (Å²) < 4.78 is 14.8. The third-order valence-electron chi connectivity index (χ3n) is 3.68. The van der Waals surface area contributed by atoms with Crippen LogP contribution in [0.15, 0.2) is 12.2 Å². The molecule has 0 aromatic carbocycles. The number of hydrogen-bond donors (Lipinski definition) is 4. The largest absolute Gasteiger partial charge is 0.469 e. The van der Waals surface area contributed by atoms with Gasteiger partial charge in [0.25, 0.3) is 0 Å². The van der Waals surface area contributed by atoms with E-state index in [9.17, 15) is 9.67 Å². The Labute approximate surface area is 140 Å². The van der Waals surface area contributed by atoms with Gasteiger partial charge in [-0.1, -0.05) is 70.4 Å². The molecule has 0 aliphatic rings. The predicted molar refractivity (Wildman–Crippen MR) is 93.0 cm³/mol. The van der Waals surface area contributed by atoms with Gasteiger partial charge in [0.15, 0.2) is 0 Å². The van der Waals surface area contributed by atoms with Crippen LogP contribution in [0.25, 0.3) is 0 Å². The van der Waals surface area contributed by atoms with Crippen molar-refractivity contribution in [3.8, 4) is 0 Å². The van der Waals surface area contributed by atoms with Gasteiger partial charge in [-0.3, -0.25) is 4.52 Å². The molecule has 0 aromatic rings. The van der Waals surface area contributed by atoms with E-state index in [0.29, 0.717) is 0 Å². The Bertz CT molecular complexity index is 345. The monoisotopic (exact) mass is 351 g/mol. The smallest absolute Gasteiger partial charge is 0.387 e. The molecule has 0 unspecified atom stereocenters. The summed E-state index contributed by atoms with van der Waals surface area (Å²) in [5.41, 5.74) is 5.59. The van der Waals surface area contributed by atoms with Crippen molar-refractivity contribution in [2.75, 3.05) is 6.61 Å². The molecule has 2 atom stereocenters. The zero-order valence-electron chi connectivity index (χ0n) is 14.3. The average Bonchev–Trinajstić information content (AvgIpc) is 2.49. The molecule has 6 nitrogen and oxygen atoms in total. The number of phosphoric acid groups is 1. The molecular weight excluding hydrogens is 317 g/mol. The van der Waals surface area contributed by atoms with E-state index in [1.54, 1.807) is 6.08 Å². The van der Waals surface area contributed by atoms with E-state index >= 15 is 0 Å². The molecule has 0 fully saturated rings. The van der Waals surface area contributed by atoms with Crippen LogP contribution in [0.2, 0.25) is 0 Å². The van der Waals surface area contributed by atoms with Crippen molar-refractivity contribution in [2.45, 2.75) is 83.3 Å². The molecule has 5 N–H and O–H groups in total. The van der Waals surface area contributed by atoms with Gasteiger partial charge in [0.05, 0.1) is 18.8 Å². The van der Waals surface area contributed by atoms with Crippen molar-refractivity contribution < 1.29 is 24.0 Å². The Morgan fingerprint density at radius 2 is 1.57 bits per heavy atom. The van der Waals surface area contributed by atoms with Crippen LogP contribution in [-0.4, -0.2) is 33.6 Å². The highest BCUT2D eigenvalue weighted by atomic mass is 31.2. The molecule has 0 saturated heterocycles. The highest BCUT2D eigenvalue weighted by Crippen LogP contribution is 2.35. The van der Waals surface area contributed by atoms with Gasteiger partial charge >= 0.3 is 7.82 Å². The summed E-state index contributed by atoms with van der Waals surface area (Å²) in [4.78, 5) is 17.1. The lowest BCUT2D eigenvalue weighted by atomic mass is 10.1. The number of allylic oxidation sites excluding steroid dienone is 1. The van der Waals surface area contributed by atoms with Crippen LogP contribution in [0.5, 0.6) is 0 Å². The molecule has 0 spiro atoms. The zero-order chi connectivity index (χ0) is 17.6. The normalized spacial score (nSPS) is 15.2. The van der Waals surface area contributed by atoms with Crippen molar-refractivity contribution in [1.29, 1.82) is 0 Å². The minimum Gasteiger partial charge on any atom is -0.387 e. The van der Waals surface area contributed by atoms with E-state index < -0.39 is 20.0 Å². The van der Waals surface area contributed by atoms with Crippen LogP contribution in [0.4, 0.5) is 0 Å². The molecule has 0 aliphatic heterocycles. The Kier molecular flexibility index (Phi) is 14.0. The topological polar surface area (TPSA) is 113 Å². The van der Waals surface area contributed by atoms with Crippen LogP contribution in [-0.2, 0) is 9.09 Å². The predicted octanol–water partition coefficient (Wildman–Crippen LogP) is 3.26. The third kappa shape index (κ3) is 16.4. The molecule has 7 heteroatoms. The Balaban J connectivity index is 3.52. The Hall–Kier alpha value is -0.230. The molecule has 138 valence electrons. The van der Waals surface area contributed by atoms with Gasteiger partial charge in [0, 0.05) is 0 Å². The standard InChI is InChI=1S/C16H34NO5P/c1-2-3-4-5-6-7-8-9-10-11-12-13-16(18)15(17)14-22-23(19,20)21/h12-13,15-16,18H,2-11,14,17H2,1H3,(H2,19,20,21)/b13-12+/t15-,16+/m0/s1. The van der Waals surface area contributed by atoms with Crippen LogP contribution >= 0.6 is 7.82 Å². The van der Waals surface area contributed by atoms with E-state index in [0.717, 1.165) is 12.8 Å². The highest BCUT2D eigenvalue weighted by Gasteiger charge is 2.19. The Morgan fingerprint density at radius 3 is 2.09 bits per heavy atom. The molecule has 23 heavy (non-hydrogen) atoms. The number of nitrogens with two attached hydrogens (primary N) is 1. The molecule has 0 rings (SSSR count). The maximum atomic E-state index is 10.5. The molecule has 0 aromatic heterocycles. The fourth-order valence-electron chi connectivity index (χ4n) is 2.23. The van der Waals surface area contributed by atoms with E-state index in [1.165, 1.54) is 51.4 Å². The summed E-state index contributed by atoms with van der Waals surface area (Å²) in [5, 5.41) is 9.71. The number of aliphatic hydroxyl groups is 1. The van der Waals surface area contributed by atoms with Crippen LogP contribution < -0.4 is 5.73 Å². The minimum absolute atomic E-state index is 0.381. The van der Waals surface area contributed by atoms with Gasteiger partial charge in [-0.15, -0.1) is 0 Å². The van der Waals surface area contributed by atoms with Gasteiger partial charge in [0.1, 0.15) is 0 Å². The summed E-state index contributed by atoms with van der Waals surface area (Å²) in [6, 6.07) is -0.845. The molecule has 0 aliphatic carbocycles. The number of hydrogen-bond acceptors (Lipinski definition) is 4. The van der Waals surface area contributed by atoms with Gasteiger partial charge in [0.2, 0.25) is 0 Å². The average molecular weight is 351 g/mol. The van der Waals surface area contributed by atoms with Crippen molar-refractivity contribution in [3.05, 3.63) is 12.2 Å². The highest BCUT2D eigenvalue weighted by molar-refractivity contribution is 7.46. The second-order valence-electron chi connectivity index (χ2n) is 5.99. The first-order valence-electron chi connectivity index (χ1n) is 8.67. The summed E-state index contributed by atoms with van der Waals surface area (Å²) in [6.07, 6.45) is 14.8. The summed E-state index contributed by atoms with van der Waals surface area (Å²) in [5.74, 6) is 0. The van der Waals surface area contributed by atoms with Crippen molar-refractivity contribution in [3.63, 3.8) is 0 Å². The lowest BCUT2D eigenvalue weighted by Crippen LogP contribution is -2.37. The molecule has 0 amide bonds. The SMILES string of the molecule is CCCCCCCCCCC/C=C/[C@@H](O)[C@@H](N)COP(=O)(O)O. The fourth-order valence-corrected chi connectivity index (χ4v) is 2.60. The summed E-state index contributed by atoms with van der Waals surface area (Å²) in [7, 11) is -4.53. The summed E-state index contributed by atoms with van der Waals surface area (Å²) in [6.45, 7) is 1.84. The first-order valence-corrected chi connectivity index (χ1v) is 10.2. The maximum absolute atomic E-state index is 10.5. The zero-order valence-corrected chi connectivity index (χ0v) is 15.2.